The summed E-state index contributed by atoms with van der Waals surface area (Å²) < 4.78 is 0. The third kappa shape index (κ3) is 2.63. The van der Waals surface area contributed by atoms with Crippen molar-refractivity contribution in [3.8, 4) is 0 Å². The van der Waals surface area contributed by atoms with E-state index in [0.29, 0.717) is 6.54 Å². The number of nitrogens with one attached hydrogen (secondary N) is 2. The number of carbonyl (C=O) groups is 1. The number of hydrogen-bond donors (Lipinski definition) is 3. The van der Waals surface area contributed by atoms with Gasteiger partial charge in [0.1, 0.15) is 0 Å². The number of hydrogen-bond acceptors (Lipinski definition) is 2. The molecule has 0 aromatic heterocycles. The maximum atomic E-state index is 11.6. The minimum Gasteiger partial charge on any atom is -0.338 e. The van der Waals surface area contributed by atoms with Gasteiger partial charge in [0.2, 0.25) is 0 Å². The van der Waals surface area contributed by atoms with Crippen molar-refractivity contribution in [1.82, 2.24) is 10.6 Å². The van der Waals surface area contributed by atoms with Crippen molar-refractivity contribution in [3.05, 3.63) is 0 Å². The molecule has 4 N–H and O–H groups in total. The average molecular weight is 251 g/mol. The molecular weight excluding hydrogens is 226 g/mol. The van der Waals surface area contributed by atoms with Crippen LogP contribution in [0.5, 0.6) is 0 Å². The molecule has 4 nitrogen and oxygen atoms in total. The summed E-state index contributed by atoms with van der Waals surface area (Å²) in [6, 6.07) is -0.0361. The summed E-state index contributed by atoms with van der Waals surface area (Å²) >= 11 is 0. The van der Waals surface area contributed by atoms with Crippen molar-refractivity contribution < 1.29 is 4.79 Å². The summed E-state index contributed by atoms with van der Waals surface area (Å²) in [4.78, 5) is 11.6. The highest BCUT2D eigenvalue weighted by Crippen LogP contribution is 2.51. The van der Waals surface area contributed by atoms with Crippen LogP contribution in [0.25, 0.3) is 0 Å². The van der Waals surface area contributed by atoms with Crippen LogP contribution < -0.4 is 16.4 Å². The van der Waals surface area contributed by atoms with Gasteiger partial charge in [-0.25, -0.2) is 4.79 Å². The summed E-state index contributed by atoms with van der Waals surface area (Å²) in [5.41, 5.74) is 5.94. The lowest BCUT2D eigenvalue weighted by molar-refractivity contribution is 0.216. The zero-order valence-corrected chi connectivity index (χ0v) is 11.1. The quantitative estimate of drug-likeness (QED) is 0.695. The van der Waals surface area contributed by atoms with Crippen molar-refractivity contribution in [2.75, 3.05) is 13.1 Å². The maximum absolute atomic E-state index is 11.6. The van der Waals surface area contributed by atoms with Crippen LogP contribution in [0.2, 0.25) is 0 Å². The standard InChI is InChI=1S/C14H25N3O/c15-14(5-2-6-14)9-17-13(18)16-8-11-7-12(11)10-3-1-4-10/h10-12H,1-9,15H2,(H2,16,17,18)/t11-,12-/m0/s1. The first-order valence-electron chi connectivity index (χ1n) is 7.47. The molecule has 0 heterocycles. The van der Waals surface area contributed by atoms with E-state index in [1.807, 2.05) is 0 Å². The second-order valence-corrected chi connectivity index (χ2v) is 6.63. The number of nitrogens with two attached hydrogens (primary N) is 1. The highest BCUT2D eigenvalue weighted by Gasteiger charge is 2.44. The Kier molecular flexibility index (Phi) is 3.22. The van der Waals surface area contributed by atoms with Gasteiger partial charge in [-0.2, -0.15) is 0 Å². The Bertz CT molecular complexity index is 323. The molecule has 0 aromatic carbocycles. The molecule has 0 saturated heterocycles. The largest absolute Gasteiger partial charge is 0.338 e. The van der Waals surface area contributed by atoms with E-state index >= 15 is 0 Å². The van der Waals surface area contributed by atoms with Gasteiger partial charge in [0.15, 0.2) is 0 Å². The Morgan fingerprint density at radius 2 is 2.00 bits per heavy atom. The van der Waals surface area contributed by atoms with Crippen LogP contribution in [0.4, 0.5) is 4.79 Å². The summed E-state index contributed by atoms with van der Waals surface area (Å²) in [5, 5.41) is 5.90. The fourth-order valence-corrected chi connectivity index (χ4v) is 3.30. The van der Waals surface area contributed by atoms with Crippen LogP contribution in [0.1, 0.15) is 44.9 Å². The van der Waals surface area contributed by atoms with Crippen molar-refractivity contribution in [3.63, 3.8) is 0 Å². The first-order valence-corrected chi connectivity index (χ1v) is 7.47. The predicted octanol–water partition coefficient (Wildman–Crippen LogP) is 1.60. The van der Waals surface area contributed by atoms with Gasteiger partial charge in [0.25, 0.3) is 0 Å². The first kappa shape index (κ1) is 12.3. The Labute approximate surface area is 109 Å². The molecule has 3 aliphatic carbocycles. The normalized spacial score (nSPS) is 33.2. The molecule has 18 heavy (non-hydrogen) atoms. The molecule has 0 unspecified atom stereocenters. The summed E-state index contributed by atoms with van der Waals surface area (Å²) in [6.45, 7) is 1.47. The van der Waals surface area contributed by atoms with Gasteiger partial charge >= 0.3 is 6.03 Å². The van der Waals surface area contributed by atoms with Crippen LogP contribution in [-0.4, -0.2) is 24.7 Å². The van der Waals surface area contributed by atoms with Crippen molar-refractivity contribution in [1.29, 1.82) is 0 Å². The fraction of sp³-hybridized carbons (Fsp3) is 0.929. The number of amides is 2. The molecule has 3 aliphatic rings. The average Bonchev–Trinajstić information content (AvgIpc) is 2.98. The lowest BCUT2D eigenvalue weighted by Gasteiger charge is -2.38. The molecule has 102 valence electrons. The third-order valence-corrected chi connectivity index (χ3v) is 5.21. The zero-order valence-electron chi connectivity index (χ0n) is 11.1. The lowest BCUT2D eigenvalue weighted by Crippen LogP contribution is -2.56. The van der Waals surface area contributed by atoms with Crippen LogP contribution in [0, 0.1) is 17.8 Å². The Morgan fingerprint density at radius 3 is 2.56 bits per heavy atom. The third-order valence-electron chi connectivity index (χ3n) is 5.21. The molecule has 3 rings (SSSR count). The van der Waals surface area contributed by atoms with E-state index in [1.165, 1.54) is 32.1 Å². The van der Waals surface area contributed by atoms with E-state index in [1.54, 1.807) is 0 Å². The van der Waals surface area contributed by atoms with E-state index in [2.05, 4.69) is 10.6 Å². The van der Waals surface area contributed by atoms with Gasteiger partial charge in [-0.05, 0) is 43.4 Å². The Morgan fingerprint density at radius 1 is 1.22 bits per heavy atom. The number of rotatable bonds is 5. The van der Waals surface area contributed by atoms with Gasteiger partial charge in [-0.3, -0.25) is 0 Å². The predicted molar refractivity (Wildman–Crippen MR) is 71.1 cm³/mol. The molecule has 3 fully saturated rings. The van der Waals surface area contributed by atoms with Crippen molar-refractivity contribution in [2.24, 2.45) is 23.5 Å². The lowest BCUT2D eigenvalue weighted by atomic mass is 9.78. The minimum atomic E-state index is -0.120. The maximum Gasteiger partial charge on any atom is 0.314 e. The van der Waals surface area contributed by atoms with Crippen molar-refractivity contribution in [2.45, 2.75) is 50.5 Å². The highest BCUT2D eigenvalue weighted by molar-refractivity contribution is 5.74. The van der Waals surface area contributed by atoms with E-state index in [0.717, 1.165) is 37.1 Å². The van der Waals surface area contributed by atoms with Gasteiger partial charge in [0, 0.05) is 18.6 Å². The van der Waals surface area contributed by atoms with E-state index in [4.69, 9.17) is 5.73 Å². The van der Waals surface area contributed by atoms with Gasteiger partial charge in [-0.15, -0.1) is 0 Å². The van der Waals surface area contributed by atoms with E-state index in [-0.39, 0.29) is 11.6 Å². The van der Waals surface area contributed by atoms with Gasteiger partial charge < -0.3 is 16.4 Å². The number of urea groups is 1. The highest BCUT2D eigenvalue weighted by atomic mass is 16.2. The molecule has 2 amide bonds. The summed E-state index contributed by atoms with van der Waals surface area (Å²) in [7, 11) is 0. The number of carbonyl (C=O) groups excluding carboxylic acids is 1. The van der Waals surface area contributed by atoms with Crippen molar-refractivity contribution >= 4 is 6.03 Å². The topological polar surface area (TPSA) is 67.1 Å². The Hall–Kier alpha value is -0.770. The first-order chi connectivity index (χ1) is 8.66. The van der Waals surface area contributed by atoms with Crippen LogP contribution >= 0.6 is 0 Å². The SMILES string of the molecule is NC1(CNC(=O)NC[C@@H]2C[C@H]2C2CCC2)CCC1. The second-order valence-electron chi connectivity index (χ2n) is 6.63. The molecule has 4 heteroatoms. The monoisotopic (exact) mass is 251 g/mol. The molecule has 0 spiro atoms. The van der Waals surface area contributed by atoms with Crippen LogP contribution in [-0.2, 0) is 0 Å². The molecule has 0 bridgehead atoms. The van der Waals surface area contributed by atoms with E-state index < -0.39 is 0 Å². The van der Waals surface area contributed by atoms with Gasteiger partial charge in [-0.1, -0.05) is 19.3 Å². The minimum absolute atomic E-state index is 0.0361. The van der Waals surface area contributed by atoms with Crippen LogP contribution in [0.3, 0.4) is 0 Å². The molecule has 2 atom stereocenters. The zero-order chi connectivity index (χ0) is 12.6. The molecule has 3 saturated carbocycles. The fourth-order valence-electron chi connectivity index (χ4n) is 3.30. The second kappa shape index (κ2) is 4.72. The smallest absolute Gasteiger partial charge is 0.314 e. The van der Waals surface area contributed by atoms with Crippen LogP contribution in [0.15, 0.2) is 0 Å². The van der Waals surface area contributed by atoms with E-state index in [9.17, 15) is 4.79 Å². The Balaban J connectivity index is 1.28. The summed E-state index contributed by atoms with van der Waals surface area (Å²) in [6.07, 6.45) is 8.86. The van der Waals surface area contributed by atoms with Gasteiger partial charge in [0.05, 0.1) is 0 Å². The molecule has 0 aliphatic heterocycles. The summed E-state index contributed by atoms with van der Waals surface area (Å²) in [5.74, 6) is 2.63. The molecule has 0 radical (unpaired) electrons. The molecular formula is C14H25N3O. The molecule has 0 aromatic rings.